The fourth-order valence-electron chi connectivity index (χ4n) is 1.42. The van der Waals surface area contributed by atoms with Gasteiger partial charge in [-0.05, 0) is 45.7 Å². The minimum absolute atomic E-state index is 0.278. The zero-order valence-corrected chi connectivity index (χ0v) is 11.3. The third-order valence-corrected chi connectivity index (χ3v) is 2.76. The Morgan fingerprint density at radius 2 is 1.89 bits per heavy atom. The maximum Gasteiger partial charge on any atom is 0.338 e. The Bertz CT molecular complexity index is 441. The summed E-state index contributed by atoms with van der Waals surface area (Å²) in [4.78, 5) is 11.8. The quantitative estimate of drug-likeness (QED) is 0.334. The molecule has 0 aliphatic carbocycles. The third kappa shape index (κ3) is 5.00. The minimum atomic E-state index is -0.278. The van der Waals surface area contributed by atoms with Crippen molar-refractivity contribution >= 4 is 5.97 Å². The molecular weight excluding hydrogens is 224 g/mol. The molecule has 0 heterocycles. The molecule has 1 aromatic carbocycles. The third-order valence-electron chi connectivity index (χ3n) is 2.76. The van der Waals surface area contributed by atoms with Crippen LogP contribution in [0.4, 0.5) is 0 Å². The molecule has 0 aliphatic heterocycles. The maximum absolute atomic E-state index is 11.8. The van der Waals surface area contributed by atoms with Gasteiger partial charge in [-0.2, -0.15) is 0 Å². The van der Waals surface area contributed by atoms with E-state index >= 15 is 0 Å². The van der Waals surface area contributed by atoms with Crippen molar-refractivity contribution in [2.24, 2.45) is 0 Å². The molecule has 0 unspecified atom stereocenters. The van der Waals surface area contributed by atoms with Crippen LogP contribution in [0.15, 0.2) is 53.6 Å². The number of carbonyl (C=O) groups excluding carboxylic acids is 1. The number of esters is 1. The van der Waals surface area contributed by atoms with Gasteiger partial charge in [0, 0.05) is 5.57 Å². The van der Waals surface area contributed by atoms with Crippen LogP contribution in [0.5, 0.6) is 5.75 Å². The van der Waals surface area contributed by atoms with Gasteiger partial charge in [0.1, 0.15) is 5.75 Å². The van der Waals surface area contributed by atoms with Crippen LogP contribution in [-0.4, -0.2) is 5.97 Å². The molecule has 1 aromatic rings. The molecule has 0 atom stereocenters. The lowest BCUT2D eigenvalue weighted by Crippen LogP contribution is -2.09. The van der Waals surface area contributed by atoms with Gasteiger partial charge in [0.05, 0.1) is 0 Å². The number of allylic oxidation sites excluding steroid dienone is 3. The zero-order chi connectivity index (χ0) is 13.4. The number of para-hydroxylation sites is 1. The highest BCUT2D eigenvalue weighted by Crippen LogP contribution is 2.12. The van der Waals surface area contributed by atoms with Crippen LogP contribution in [0.2, 0.25) is 0 Å². The number of hydrogen-bond donors (Lipinski definition) is 0. The van der Waals surface area contributed by atoms with E-state index in [4.69, 9.17) is 4.74 Å². The van der Waals surface area contributed by atoms with Crippen molar-refractivity contribution in [1.29, 1.82) is 0 Å². The van der Waals surface area contributed by atoms with Crippen molar-refractivity contribution in [3.05, 3.63) is 53.6 Å². The van der Waals surface area contributed by atoms with E-state index in [0.717, 1.165) is 12.8 Å². The van der Waals surface area contributed by atoms with Gasteiger partial charge < -0.3 is 4.74 Å². The summed E-state index contributed by atoms with van der Waals surface area (Å²) in [5.41, 5.74) is 1.98. The van der Waals surface area contributed by atoms with Crippen molar-refractivity contribution in [3.8, 4) is 5.75 Å². The standard InChI is InChI=1S/C16H20O2/c1-4-13(2)9-8-10-14(3)16(17)18-15-11-6-5-7-12-15/h4-7,10-12H,8-9H2,1-3H3. The second-order valence-corrected chi connectivity index (χ2v) is 4.26. The van der Waals surface area contributed by atoms with Crippen LogP contribution in [0.25, 0.3) is 0 Å². The summed E-state index contributed by atoms with van der Waals surface area (Å²) in [5.74, 6) is 0.305. The van der Waals surface area contributed by atoms with Gasteiger partial charge in [-0.3, -0.25) is 0 Å². The average molecular weight is 244 g/mol. The molecule has 0 aliphatic rings. The molecule has 18 heavy (non-hydrogen) atoms. The Morgan fingerprint density at radius 3 is 2.50 bits per heavy atom. The van der Waals surface area contributed by atoms with Gasteiger partial charge >= 0.3 is 5.97 Å². The van der Waals surface area contributed by atoms with Crippen LogP contribution in [0.1, 0.15) is 33.6 Å². The lowest BCUT2D eigenvalue weighted by Gasteiger charge is -2.04. The SMILES string of the molecule is CC=C(C)CCC=C(C)C(=O)Oc1ccccc1. The predicted octanol–water partition coefficient (Wildman–Crippen LogP) is 4.28. The zero-order valence-electron chi connectivity index (χ0n) is 11.3. The van der Waals surface area contributed by atoms with Gasteiger partial charge in [-0.25, -0.2) is 4.79 Å². The van der Waals surface area contributed by atoms with Crippen molar-refractivity contribution in [3.63, 3.8) is 0 Å². The molecule has 0 radical (unpaired) electrons. The average Bonchev–Trinajstić information content (AvgIpc) is 2.39. The summed E-state index contributed by atoms with van der Waals surface area (Å²) in [5, 5.41) is 0. The molecule has 0 saturated heterocycles. The Morgan fingerprint density at radius 1 is 1.22 bits per heavy atom. The second kappa shape index (κ2) is 7.49. The molecule has 0 spiro atoms. The summed E-state index contributed by atoms with van der Waals surface area (Å²) >= 11 is 0. The second-order valence-electron chi connectivity index (χ2n) is 4.26. The highest BCUT2D eigenvalue weighted by molar-refractivity contribution is 5.89. The molecule has 0 amide bonds. The predicted molar refractivity (Wildman–Crippen MR) is 74.5 cm³/mol. The van der Waals surface area contributed by atoms with Crippen molar-refractivity contribution in [2.45, 2.75) is 33.6 Å². The van der Waals surface area contributed by atoms with Gasteiger partial charge in [-0.15, -0.1) is 0 Å². The van der Waals surface area contributed by atoms with Crippen molar-refractivity contribution in [1.82, 2.24) is 0 Å². The number of rotatable bonds is 5. The van der Waals surface area contributed by atoms with Crippen LogP contribution in [-0.2, 0) is 4.79 Å². The Hall–Kier alpha value is -1.83. The van der Waals surface area contributed by atoms with E-state index < -0.39 is 0 Å². The van der Waals surface area contributed by atoms with Crippen molar-refractivity contribution < 1.29 is 9.53 Å². The molecule has 0 saturated carbocycles. The van der Waals surface area contributed by atoms with E-state index in [0.29, 0.717) is 11.3 Å². The highest BCUT2D eigenvalue weighted by Gasteiger charge is 2.06. The number of carbonyl (C=O) groups is 1. The number of hydrogen-bond acceptors (Lipinski definition) is 2. The van der Waals surface area contributed by atoms with Gasteiger partial charge in [0.15, 0.2) is 0 Å². The van der Waals surface area contributed by atoms with Gasteiger partial charge in [-0.1, -0.05) is 35.9 Å². The Kier molecular flexibility index (Phi) is 5.92. The first-order chi connectivity index (χ1) is 8.63. The van der Waals surface area contributed by atoms with E-state index in [-0.39, 0.29) is 5.97 Å². The molecule has 0 fully saturated rings. The van der Waals surface area contributed by atoms with E-state index in [1.165, 1.54) is 5.57 Å². The molecular formula is C16H20O2. The molecule has 0 bridgehead atoms. The van der Waals surface area contributed by atoms with Gasteiger partial charge in [0.25, 0.3) is 0 Å². The summed E-state index contributed by atoms with van der Waals surface area (Å²) < 4.78 is 5.24. The summed E-state index contributed by atoms with van der Waals surface area (Å²) in [6.45, 7) is 5.90. The molecule has 2 nitrogen and oxygen atoms in total. The fourth-order valence-corrected chi connectivity index (χ4v) is 1.42. The lowest BCUT2D eigenvalue weighted by atomic mass is 10.1. The number of benzene rings is 1. The largest absolute Gasteiger partial charge is 0.423 e. The van der Waals surface area contributed by atoms with Gasteiger partial charge in [0.2, 0.25) is 0 Å². The van der Waals surface area contributed by atoms with Crippen LogP contribution in [0.3, 0.4) is 0 Å². The summed E-state index contributed by atoms with van der Waals surface area (Å²) in [6, 6.07) is 9.12. The first kappa shape index (κ1) is 14.2. The van der Waals surface area contributed by atoms with Crippen LogP contribution in [0, 0.1) is 0 Å². The smallest absolute Gasteiger partial charge is 0.338 e. The van der Waals surface area contributed by atoms with E-state index in [1.807, 2.05) is 31.2 Å². The first-order valence-corrected chi connectivity index (χ1v) is 6.19. The minimum Gasteiger partial charge on any atom is -0.423 e. The monoisotopic (exact) mass is 244 g/mol. The van der Waals surface area contributed by atoms with E-state index in [2.05, 4.69) is 13.0 Å². The maximum atomic E-state index is 11.8. The van der Waals surface area contributed by atoms with Crippen molar-refractivity contribution in [2.75, 3.05) is 0 Å². The lowest BCUT2D eigenvalue weighted by molar-refractivity contribution is -0.130. The normalized spacial score (nSPS) is 12.4. The Balaban J connectivity index is 2.49. The highest BCUT2D eigenvalue weighted by atomic mass is 16.5. The van der Waals surface area contributed by atoms with E-state index in [1.54, 1.807) is 19.1 Å². The Labute approximate surface area is 109 Å². The first-order valence-electron chi connectivity index (χ1n) is 6.19. The van der Waals surface area contributed by atoms with E-state index in [9.17, 15) is 4.79 Å². The van der Waals surface area contributed by atoms with Crippen LogP contribution < -0.4 is 4.74 Å². The molecule has 2 heteroatoms. The number of ether oxygens (including phenoxy) is 1. The molecule has 96 valence electrons. The molecule has 0 aromatic heterocycles. The summed E-state index contributed by atoms with van der Waals surface area (Å²) in [7, 11) is 0. The van der Waals surface area contributed by atoms with Crippen LogP contribution >= 0.6 is 0 Å². The topological polar surface area (TPSA) is 26.3 Å². The molecule has 0 N–H and O–H groups in total. The summed E-state index contributed by atoms with van der Waals surface area (Å²) in [6.07, 6.45) is 5.86. The fraction of sp³-hybridized carbons (Fsp3) is 0.312. The molecule has 1 rings (SSSR count).